The zero-order valence-corrected chi connectivity index (χ0v) is 11.2. The minimum absolute atomic E-state index is 0.169. The zero-order valence-electron chi connectivity index (χ0n) is 11.2. The molecule has 0 aliphatic carbocycles. The third kappa shape index (κ3) is 5.50. The number of carbonyl (C=O) groups is 1. The summed E-state index contributed by atoms with van der Waals surface area (Å²) in [7, 11) is 0. The second-order valence-corrected chi connectivity index (χ2v) is 5.40. The number of amides is 1. The highest BCUT2D eigenvalue weighted by Gasteiger charge is 2.25. The van der Waals surface area contributed by atoms with E-state index in [-0.39, 0.29) is 11.8 Å². The lowest BCUT2D eigenvalue weighted by Crippen LogP contribution is -2.44. The third-order valence-corrected chi connectivity index (χ3v) is 3.34. The van der Waals surface area contributed by atoms with Gasteiger partial charge < -0.3 is 16.0 Å². The molecule has 1 fully saturated rings. The normalized spacial score (nSPS) is 21.8. The highest BCUT2D eigenvalue weighted by Crippen LogP contribution is 2.17. The number of nitrogens with zero attached hydrogens (tertiary/aromatic N) is 1. The van der Waals surface area contributed by atoms with Crippen molar-refractivity contribution in [1.82, 2.24) is 10.2 Å². The number of hydrogen-bond donors (Lipinski definition) is 2. The van der Waals surface area contributed by atoms with Crippen molar-refractivity contribution < 1.29 is 4.79 Å². The lowest BCUT2D eigenvalue weighted by atomic mass is 9.96. The van der Waals surface area contributed by atoms with Crippen LogP contribution in [-0.4, -0.2) is 43.5 Å². The number of likely N-dealkylation sites (tertiary alicyclic amines) is 1. The van der Waals surface area contributed by atoms with Crippen molar-refractivity contribution in [1.29, 1.82) is 0 Å². The highest BCUT2D eigenvalue weighted by molar-refractivity contribution is 5.78. The summed E-state index contributed by atoms with van der Waals surface area (Å²) in [5, 5.41) is 2.90. The molecule has 0 radical (unpaired) electrons. The molecule has 17 heavy (non-hydrogen) atoms. The lowest BCUT2D eigenvalue weighted by Gasteiger charge is -2.32. The van der Waals surface area contributed by atoms with Crippen molar-refractivity contribution in [3.63, 3.8) is 0 Å². The number of carbonyl (C=O) groups excluding carboxylic acids is 1. The maximum atomic E-state index is 11.8. The van der Waals surface area contributed by atoms with Gasteiger partial charge in [-0.3, -0.25) is 4.79 Å². The van der Waals surface area contributed by atoms with Crippen LogP contribution < -0.4 is 11.1 Å². The van der Waals surface area contributed by atoms with Gasteiger partial charge in [0.25, 0.3) is 0 Å². The fraction of sp³-hybridized carbons (Fsp3) is 0.923. The fourth-order valence-corrected chi connectivity index (χ4v) is 2.25. The fourth-order valence-electron chi connectivity index (χ4n) is 2.25. The van der Waals surface area contributed by atoms with E-state index >= 15 is 0 Å². The first-order valence-electron chi connectivity index (χ1n) is 6.83. The van der Waals surface area contributed by atoms with Crippen molar-refractivity contribution in [2.24, 2.45) is 17.6 Å². The first-order valence-corrected chi connectivity index (χ1v) is 6.83. The van der Waals surface area contributed by atoms with Gasteiger partial charge in [0.2, 0.25) is 5.91 Å². The monoisotopic (exact) mass is 241 g/mol. The van der Waals surface area contributed by atoms with Crippen LogP contribution in [0.2, 0.25) is 0 Å². The second kappa shape index (κ2) is 7.67. The zero-order chi connectivity index (χ0) is 12.7. The van der Waals surface area contributed by atoms with E-state index in [0.717, 1.165) is 38.4 Å². The van der Waals surface area contributed by atoms with E-state index in [2.05, 4.69) is 24.1 Å². The van der Waals surface area contributed by atoms with E-state index in [1.165, 1.54) is 6.42 Å². The van der Waals surface area contributed by atoms with Crippen LogP contribution in [0, 0.1) is 11.8 Å². The maximum Gasteiger partial charge on any atom is 0.224 e. The van der Waals surface area contributed by atoms with Gasteiger partial charge in [-0.15, -0.1) is 0 Å². The molecule has 1 atom stereocenters. The molecule has 1 amide bonds. The Hall–Kier alpha value is -0.610. The van der Waals surface area contributed by atoms with Crippen LogP contribution in [0.5, 0.6) is 0 Å². The SMILES string of the molecule is CC(C)CCN1CCCC(C(=O)NCCN)C1. The topological polar surface area (TPSA) is 58.4 Å². The molecule has 1 aliphatic rings. The van der Waals surface area contributed by atoms with Crippen molar-refractivity contribution in [3.05, 3.63) is 0 Å². The summed E-state index contributed by atoms with van der Waals surface area (Å²) in [6, 6.07) is 0. The van der Waals surface area contributed by atoms with Crippen LogP contribution in [0.1, 0.15) is 33.1 Å². The Kier molecular flexibility index (Phi) is 6.52. The second-order valence-electron chi connectivity index (χ2n) is 5.40. The average Bonchev–Trinajstić information content (AvgIpc) is 2.33. The molecular formula is C13H27N3O. The van der Waals surface area contributed by atoms with Gasteiger partial charge in [0.1, 0.15) is 0 Å². The molecule has 4 heteroatoms. The summed E-state index contributed by atoms with van der Waals surface area (Å²) in [6.07, 6.45) is 3.38. The molecule has 0 bridgehead atoms. The van der Waals surface area contributed by atoms with Crippen molar-refractivity contribution in [2.45, 2.75) is 33.1 Å². The number of rotatable bonds is 6. The summed E-state index contributed by atoms with van der Waals surface area (Å²) in [6.45, 7) is 8.80. The maximum absolute atomic E-state index is 11.8. The third-order valence-electron chi connectivity index (χ3n) is 3.34. The number of piperidine rings is 1. The average molecular weight is 241 g/mol. The van der Waals surface area contributed by atoms with Crippen molar-refractivity contribution >= 4 is 5.91 Å². The molecule has 1 aliphatic heterocycles. The van der Waals surface area contributed by atoms with Crippen LogP contribution in [-0.2, 0) is 4.79 Å². The van der Waals surface area contributed by atoms with Gasteiger partial charge in [-0.25, -0.2) is 0 Å². The molecule has 4 nitrogen and oxygen atoms in total. The number of nitrogens with one attached hydrogen (secondary N) is 1. The largest absolute Gasteiger partial charge is 0.355 e. The minimum atomic E-state index is 0.169. The summed E-state index contributed by atoms with van der Waals surface area (Å²) in [4.78, 5) is 14.3. The van der Waals surface area contributed by atoms with E-state index in [0.29, 0.717) is 13.1 Å². The van der Waals surface area contributed by atoms with Crippen LogP contribution in [0.3, 0.4) is 0 Å². The minimum Gasteiger partial charge on any atom is -0.355 e. The Morgan fingerprint density at radius 3 is 2.94 bits per heavy atom. The molecule has 0 aromatic heterocycles. The lowest BCUT2D eigenvalue weighted by molar-refractivity contribution is -0.126. The summed E-state index contributed by atoms with van der Waals surface area (Å²) in [5.74, 6) is 1.09. The van der Waals surface area contributed by atoms with Crippen LogP contribution in [0.25, 0.3) is 0 Å². The molecule has 0 aromatic rings. The number of hydrogen-bond acceptors (Lipinski definition) is 3. The smallest absolute Gasteiger partial charge is 0.224 e. The Labute approximate surface area is 105 Å². The van der Waals surface area contributed by atoms with E-state index in [9.17, 15) is 4.79 Å². The Balaban J connectivity index is 2.30. The van der Waals surface area contributed by atoms with Gasteiger partial charge in [-0.1, -0.05) is 13.8 Å². The summed E-state index contributed by atoms with van der Waals surface area (Å²) < 4.78 is 0. The summed E-state index contributed by atoms with van der Waals surface area (Å²) >= 11 is 0. The Morgan fingerprint density at radius 2 is 2.29 bits per heavy atom. The Morgan fingerprint density at radius 1 is 1.53 bits per heavy atom. The molecule has 0 saturated carbocycles. The molecule has 3 N–H and O–H groups in total. The molecular weight excluding hydrogens is 214 g/mol. The molecule has 100 valence electrons. The van der Waals surface area contributed by atoms with Crippen LogP contribution in [0.4, 0.5) is 0 Å². The van der Waals surface area contributed by atoms with E-state index in [4.69, 9.17) is 5.73 Å². The first kappa shape index (κ1) is 14.5. The predicted octanol–water partition coefficient (Wildman–Crippen LogP) is 0.819. The predicted molar refractivity (Wildman–Crippen MR) is 70.7 cm³/mol. The van der Waals surface area contributed by atoms with E-state index in [1.54, 1.807) is 0 Å². The van der Waals surface area contributed by atoms with Crippen molar-refractivity contribution in [2.75, 3.05) is 32.7 Å². The van der Waals surface area contributed by atoms with Gasteiger partial charge in [0.15, 0.2) is 0 Å². The van der Waals surface area contributed by atoms with Crippen molar-refractivity contribution in [3.8, 4) is 0 Å². The molecule has 0 aromatic carbocycles. The van der Waals surface area contributed by atoms with Gasteiger partial charge in [-0.05, 0) is 38.3 Å². The van der Waals surface area contributed by atoms with E-state index < -0.39 is 0 Å². The molecule has 1 saturated heterocycles. The molecule has 0 spiro atoms. The van der Waals surface area contributed by atoms with Crippen LogP contribution in [0.15, 0.2) is 0 Å². The molecule has 1 unspecified atom stereocenters. The van der Waals surface area contributed by atoms with Gasteiger partial charge >= 0.3 is 0 Å². The van der Waals surface area contributed by atoms with Gasteiger partial charge in [-0.2, -0.15) is 0 Å². The molecule has 1 heterocycles. The summed E-state index contributed by atoms with van der Waals surface area (Å²) in [5.41, 5.74) is 5.39. The Bertz CT molecular complexity index is 231. The quantitative estimate of drug-likeness (QED) is 0.724. The standard InChI is InChI=1S/C13H27N3O/c1-11(2)5-9-16-8-3-4-12(10-16)13(17)15-7-6-14/h11-12H,3-10,14H2,1-2H3,(H,15,17). The number of nitrogens with two attached hydrogens (primary N) is 1. The highest BCUT2D eigenvalue weighted by atomic mass is 16.1. The van der Waals surface area contributed by atoms with E-state index in [1.807, 2.05) is 0 Å². The van der Waals surface area contributed by atoms with Gasteiger partial charge in [0, 0.05) is 19.6 Å². The van der Waals surface area contributed by atoms with Gasteiger partial charge in [0.05, 0.1) is 5.92 Å². The first-order chi connectivity index (χ1) is 8.13. The van der Waals surface area contributed by atoms with Crippen LogP contribution >= 0.6 is 0 Å². The molecule has 1 rings (SSSR count).